The molecule has 3 aliphatic rings. The van der Waals surface area contributed by atoms with Crippen molar-refractivity contribution in [3.8, 4) is 0 Å². The van der Waals surface area contributed by atoms with Gasteiger partial charge in [-0.2, -0.15) is 0 Å². The van der Waals surface area contributed by atoms with E-state index in [2.05, 4.69) is 82.3 Å². The molecular weight excluding hydrogens is 370 g/mol. The number of hydrogen-bond donors (Lipinski definition) is 2. The normalized spacial score (nSPS) is 27.2. The van der Waals surface area contributed by atoms with E-state index < -0.39 is 0 Å². The Morgan fingerprint density at radius 3 is 2.47 bits per heavy atom. The van der Waals surface area contributed by atoms with Crippen molar-refractivity contribution in [2.24, 2.45) is 5.92 Å². The first-order valence-electron chi connectivity index (χ1n) is 11.3. The van der Waals surface area contributed by atoms with Gasteiger partial charge in [0.25, 0.3) is 0 Å². The summed E-state index contributed by atoms with van der Waals surface area (Å²) in [5.74, 6) is 1.03. The van der Waals surface area contributed by atoms with E-state index in [1.165, 1.54) is 29.5 Å². The Morgan fingerprint density at radius 1 is 0.867 bits per heavy atom. The molecule has 0 radical (unpaired) electrons. The molecule has 3 atom stereocenters. The number of allylic oxidation sites excluding steroid dienone is 1. The summed E-state index contributed by atoms with van der Waals surface area (Å²) in [5.41, 5.74) is 4.09. The van der Waals surface area contributed by atoms with E-state index >= 15 is 0 Å². The molecule has 0 aromatic heterocycles. The van der Waals surface area contributed by atoms with Crippen molar-refractivity contribution in [2.45, 2.75) is 50.2 Å². The molecule has 5 rings (SSSR count). The average Bonchev–Trinajstić information content (AvgIpc) is 2.80. The fraction of sp³-hybridized carbons (Fsp3) is 0.423. The molecule has 2 aromatic carbocycles. The highest BCUT2D eigenvalue weighted by Gasteiger charge is 2.37. The smallest absolute Gasteiger partial charge is 0.315 e. The Kier molecular flexibility index (Phi) is 5.58. The van der Waals surface area contributed by atoms with E-state index in [0.717, 1.165) is 32.5 Å². The molecule has 3 unspecified atom stereocenters. The van der Waals surface area contributed by atoms with Crippen LogP contribution in [0.2, 0.25) is 0 Å². The number of urea groups is 1. The number of nitrogens with zero attached hydrogens (tertiary/aromatic N) is 1. The van der Waals surface area contributed by atoms with E-state index in [4.69, 9.17) is 0 Å². The molecule has 2 aliphatic heterocycles. The maximum Gasteiger partial charge on any atom is 0.315 e. The third-order valence-corrected chi connectivity index (χ3v) is 7.09. The van der Waals surface area contributed by atoms with E-state index in [1.54, 1.807) is 0 Å². The number of nitrogens with one attached hydrogen (secondary N) is 2. The largest absolute Gasteiger partial charge is 0.335 e. The Balaban J connectivity index is 1.26. The Labute approximate surface area is 179 Å². The third-order valence-electron chi connectivity index (χ3n) is 7.09. The molecule has 1 aliphatic carbocycles. The standard InChI is InChI=1S/C26H31N3O/c30-26-27-24-12-5-4-11-23(24)25(28-26)22-10-6-9-21(17-22)20-13-15-29(16-14-20)18-19-7-2-1-3-8-19/h1-10,17,20,23-25H,11-16,18H2,(H2,27,28,30). The zero-order valence-corrected chi connectivity index (χ0v) is 17.5. The number of rotatable bonds is 4. The molecule has 4 heteroatoms. The minimum Gasteiger partial charge on any atom is -0.335 e. The number of carbonyl (C=O) groups is 1. The van der Waals surface area contributed by atoms with Crippen LogP contribution >= 0.6 is 0 Å². The van der Waals surface area contributed by atoms with E-state index in [0.29, 0.717) is 11.8 Å². The number of fused-ring (bicyclic) bond motifs is 1. The van der Waals surface area contributed by atoms with E-state index in [1.807, 2.05) is 0 Å². The van der Waals surface area contributed by atoms with E-state index in [9.17, 15) is 4.79 Å². The topological polar surface area (TPSA) is 44.4 Å². The minimum absolute atomic E-state index is 0.0313. The van der Waals surface area contributed by atoms with Crippen molar-refractivity contribution in [2.75, 3.05) is 13.1 Å². The predicted octanol–water partition coefficient (Wildman–Crippen LogP) is 4.75. The van der Waals surface area contributed by atoms with Gasteiger partial charge in [-0.25, -0.2) is 4.79 Å². The number of hydrogen-bond acceptors (Lipinski definition) is 2. The minimum atomic E-state index is -0.0313. The maximum atomic E-state index is 12.2. The maximum absolute atomic E-state index is 12.2. The Morgan fingerprint density at radius 2 is 1.63 bits per heavy atom. The first kappa shape index (κ1) is 19.4. The van der Waals surface area contributed by atoms with E-state index in [-0.39, 0.29) is 18.1 Å². The van der Waals surface area contributed by atoms with Gasteiger partial charge in [-0.3, -0.25) is 4.90 Å². The lowest BCUT2D eigenvalue weighted by Crippen LogP contribution is -2.56. The second kappa shape index (κ2) is 8.65. The lowest BCUT2D eigenvalue weighted by molar-refractivity contribution is 0.187. The third kappa shape index (κ3) is 4.15. The van der Waals surface area contributed by atoms with Gasteiger partial charge in [-0.15, -0.1) is 0 Å². The summed E-state index contributed by atoms with van der Waals surface area (Å²) in [6.45, 7) is 3.33. The van der Waals surface area contributed by atoms with Crippen LogP contribution in [-0.2, 0) is 6.54 Å². The second-order valence-electron chi connectivity index (χ2n) is 9.01. The molecule has 2 amide bonds. The summed E-state index contributed by atoms with van der Waals surface area (Å²) in [6, 6.07) is 20.1. The molecule has 0 saturated carbocycles. The summed E-state index contributed by atoms with van der Waals surface area (Å²) < 4.78 is 0. The Hall–Kier alpha value is -2.59. The second-order valence-corrected chi connectivity index (χ2v) is 9.01. The predicted molar refractivity (Wildman–Crippen MR) is 120 cm³/mol. The van der Waals surface area contributed by atoms with Gasteiger partial charge < -0.3 is 10.6 Å². The summed E-state index contributed by atoms with van der Waals surface area (Å²) in [6.07, 6.45) is 8.81. The zero-order chi connectivity index (χ0) is 20.3. The summed E-state index contributed by atoms with van der Waals surface area (Å²) >= 11 is 0. The van der Waals surface area contributed by atoms with Crippen LogP contribution < -0.4 is 10.6 Å². The van der Waals surface area contributed by atoms with Crippen LogP contribution in [0.1, 0.15) is 54.3 Å². The zero-order valence-electron chi connectivity index (χ0n) is 17.5. The molecule has 0 bridgehead atoms. The van der Waals surface area contributed by atoms with Crippen molar-refractivity contribution in [1.29, 1.82) is 0 Å². The van der Waals surface area contributed by atoms with Gasteiger partial charge in [-0.1, -0.05) is 66.7 Å². The molecule has 30 heavy (non-hydrogen) atoms. The SMILES string of the molecule is O=C1NC2CC=CCC2C(c2cccc(C3CCN(Cc4ccccc4)CC3)c2)N1. The van der Waals surface area contributed by atoms with Crippen molar-refractivity contribution in [1.82, 2.24) is 15.5 Å². The highest BCUT2D eigenvalue weighted by molar-refractivity contribution is 5.76. The molecule has 2 heterocycles. The van der Waals surface area contributed by atoms with Crippen LogP contribution in [0.3, 0.4) is 0 Å². The van der Waals surface area contributed by atoms with Crippen LogP contribution in [0.15, 0.2) is 66.7 Å². The van der Waals surface area contributed by atoms with Gasteiger partial charge in [0.1, 0.15) is 0 Å². The highest BCUT2D eigenvalue weighted by Crippen LogP contribution is 2.36. The molecule has 4 nitrogen and oxygen atoms in total. The first-order valence-corrected chi connectivity index (χ1v) is 11.3. The van der Waals surface area contributed by atoms with Gasteiger partial charge in [0.2, 0.25) is 0 Å². The number of benzene rings is 2. The quantitative estimate of drug-likeness (QED) is 0.726. The summed E-state index contributed by atoms with van der Waals surface area (Å²) in [5, 5.41) is 6.32. The van der Waals surface area contributed by atoms with Crippen LogP contribution in [0.5, 0.6) is 0 Å². The lowest BCUT2D eigenvalue weighted by atomic mass is 9.78. The van der Waals surface area contributed by atoms with Crippen molar-refractivity contribution < 1.29 is 4.79 Å². The van der Waals surface area contributed by atoms with Gasteiger partial charge >= 0.3 is 6.03 Å². The highest BCUT2D eigenvalue weighted by atomic mass is 16.2. The van der Waals surface area contributed by atoms with Gasteiger partial charge in [0.15, 0.2) is 0 Å². The fourth-order valence-corrected chi connectivity index (χ4v) is 5.43. The van der Waals surface area contributed by atoms with Crippen LogP contribution in [0.25, 0.3) is 0 Å². The number of amides is 2. The number of likely N-dealkylation sites (tertiary alicyclic amines) is 1. The number of piperidine rings is 1. The van der Waals surface area contributed by atoms with Crippen LogP contribution in [-0.4, -0.2) is 30.1 Å². The molecule has 2 fully saturated rings. The van der Waals surface area contributed by atoms with Crippen molar-refractivity contribution in [3.63, 3.8) is 0 Å². The van der Waals surface area contributed by atoms with Crippen LogP contribution in [0.4, 0.5) is 4.79 Å². The molecule has 2 N–H and O–H groups in total. The number of carbonyl (C=O) groups excluding carboxylic acids is 1. The molecule has 0 spiro atoms. The summed E-state index contributed by atoms with van der Waals surface area (Å²) in [4.78, 5) is 14.8. The Bertz CT molecular complexity index is 902. The monoisotopic (exact) mass is 401 g/mol. The first-order chi connectivity index (χ1) is 14.8. The summed E-state index contributed by atoms with van der Waals surface area (Å²) in [7, 11) is 0. The molecule has 2 saturated heterocycles. The molecular formula is C26H31N3O. The average molecular weight is 402 g/mol. The van der Waals surface area contributed by atoms with Crippen LogP contribution in [0, 0.1) is 5.92 Å². The van der Waals surface area contributed by atoms with Gasteiger partial charge in [0, 0.05) is 18.5 Å². The molecule has 156 valence electrons. The van der Waals surface area contributed by atoms with Gasteiger partial charge in [0.05, 0.1) is 6.04 Å². The van der Waals surface area contributed by atoms with Gasteiger partial charge in [-0.05, 0) is 61.4 Å². The molecule has 2 aromatic rings. The fourth-order valence-electron chi connectivity index (χ4n) is 5.43. The van der Waals surface area contributed by atoms with Crippen molar-refractivity contribution in [3.05, 3.63) is 83.4 Å². The lowest BCUT2D eigenvalue weighted by Gasteiger charge is -2.41. The van der Waals surface area contributed by atoms with Crippen molar-refractivity contribution >= 4 is 6.03 Å².